The van der Waals surface area contributed by atoms with Crippen molar-refractivity contribution < 1.29 is 13.2 Å². The van der Waals surface area contributed by atoms with Gasteiger partial charge in [0, 0.05) is 5.57 Å². The summed E-state index contributed by atoms with van der Waals surface area (Å²) in [5.74, 6) is -0.503. The highest BCUT2D eigenvalue weighted by Crippen LogP contribution is 2.27. The number of benzene rings is 1. The molecule has 0 fully saturated rings. The van der Waals surface area contributed by atoms with Gasteiger partial charge in [-0.15, -0.1) is 6.58 Å². The predicted molar refractivity (Wildman–Crippen MR) is 86.8 cm³/mol. The van der Waals surface area contributed by atoms with Gasteiger partial charge in [0.2, 0.25) is 0 Å². The van der Waals surface area contributed by atoms with Crippen LogP contribution in [0.3, 0.4) is 0 Å². The van der Waals surface area contributed by atoms with E-state index in [1.165, 1.54) is 12.1 Å². The number of allylic oxidation sites excluding steroid dienone is 2. The summed E-state index contributed by atoms with van der Waals surface area (Å²) in [6, 6.07) is 6.43. The van der Waals surface area contributed by atoms with Gasteiger partial charge in [-0.05, 0) is 51.2 Å². The lowest BCUT2D eigenvalue weighted by Gasteiger charge is -2.19. The van der Waals surface area contributed by atoms with Crippen LogP contribution in [0.5, 0.6) is 0 Å². The average Bonchev–Trinajstić information content (AvgIpc) is 2.48. The smallest absolute Gasteiger partial charge is 0.264 e. The highest BCUT2D eigenvalue weighted by atomic mass is 32.2. The molecule has 1 aliphatic carbocycles. The number of carbonyl (C=O) groups is 1. The quantitative estimate of drug-likeness (QED) is 0.847. The monoisotopic (exact) mass is 319 g/mol. The topological polar surface area (TPSA) is 63.2 Å². The van der Waals surface area contributed by atoms with Crippen LogP contribution in [-0.4, -0.2) is 14.3 Å². The lowest BCUT2D eigenvalue weighted by molar-refractivity contribution is -0.116. The number of hydrogen-bond acceptors (Lipinski definition) is 3. The Balaban J connectivity index is 2.23. The highest BCUT2D eigenvalue weighted by Gasteiger charge is 2.23. The Kier molecular flexibility index (Phi) is 5.19. The molecule has 1 aromatic carbocycles. The van der Waals surface area contributed by atoms with Crippen LogP contribution in [0.1, 0.15) is 37.7 Å². The molecule has 1 aromatic rings. The van der Waals surface area contributed by atoms with Gasteiger partial charge in [-0.3, -0.25) is 4.79 Å². The number of nitrogens with one attached hydrogen (secondary N) is 1. The predicted octanol–water partition coefficient (Wildman–Crippen LogP) is 3.25. The lowest BCUT2D eigenvalue weighted by Crippen LogP contribution is -2.32. The third-order valence-electron chi connectivity index (χ3n) is 3.81. The largest absolute Gasteiger partial charge is 0.269 e. The fourth-order valence-corrected chi connectivity index (χ4v) is 3.58. The average molecular weight is 319 g/mol. The zero-order valence-corrected chi connectivity index (χ0v) is 13.6. The van der Waals surface area contributed by atoms with Gasteiger partial charge in [-0.2, -0.15) is 0 Å². The van der Waals surface area contributed by atoms with Crippen molar-refractivity contribution in [1.82, 2.24) is 4.72 Å². The summed E-state index contributed by atoms with van der Waals surface area (Å²) in [7, 11) is -3.82. The van der Waals surface area contributed by atoms with Gasteiger partial charge in [0.25, 0.3) is 15.9 Å². The first-order valence-electron chi connectivity index (χ1n) is 7.39. The second kappa shape index (κ2) is 6.92. The standard InChI is InChI=1S/C17H21NO3S/c1-3-6-14-7-4-5-8-16(14)17(19)18-22(20,21)15-11-9-13(2)10-12-15/h3,9-12H,1,4-8H2,2H3,(H,18,19). The molecule has 0 aromatic heterocycles. The fraction of sp³-hybridized carbons (Fsp3) is 0.353. The Morgan fingerprint density at radius 3 is 2.50 bits per heavy atom. The molecule has 5 heteroatoms. The van der Waals surface area contributed by atoms with Crippen LogP contribution in [0.2, 0.25) is 0 Å². The maximum atomic E-state index is 12.4. The van der Waals surface area contributed by atoms with Gasteiger partial charge < -0.3 is 0 Å². The second-order valence-corrected chi connectivity index (χ2v) is 7.21. The van der Waals surface area contributed by atoms with Crippen molar-refractivity contribution in [1.29, 1.82) is 0 Å². The third kappa shape index (κ3) is 3.85. The van der Waals surface area contributed by atoms with Crippen LogP contribution in [0.15, 0.2) is 53.0 Å². The Morgan fingerprint density at radius 2 is 1.86 bits per heavy atom. The van der Waals surface area contributed by atoms with Crippen molar-refractivity contribution in [2.75, 3.05) is 0 Å². The van der Waals surface area contributed by atoms with Gasteiger partial charge in [0.1, 0.15) is 0 Å². The molecule has 118 valence electrons. The summed E-state index contributed by atoms with van der Waals surface area (Å²) in [6.07, 6.45) is 5.78. The minimum Gasteiger partial charge on any atom is -0.269 e. The summed E-state index contributed by atoms with van der Waals surface area (Å²) >= 11 is 0. The molecule has 0 bridgehead atoms. The van der Waals surface area contributed by atoms with E-state index < -0.39 is 15.9 Å². The molecule has 2 rings (SSSR count). The van der Waals surface area contributed by atoms with E-state index in [1.54, 1.807) is 18.2 Å². The van der Waals surface area contributed by atoms with E-state index in [0.717, 1.165) is 30.4 Å². The molecule has 0 radical (unpaired) electrons. The number of carbonyl (C=O) groups excluding carboxylic acids is 1. The van der Waals surface area contributed by atoms with Crippen LogP contribution < -0.4 is 4.72 Å². The molecule has 0 atom stereocenters. The number of hydrogen-bond donors (Lipinski definition) is 1. The SMILES string of the molecule is C=CCC1=C(C(=O)NS(=O)(=O)c2ccc(C)cc2)CCCC1. The van der Waals surface area contributed by atoms with Crippen LogP contribution in [-0.2, 0) is 14.8 Å². The van der Waals surface area contributed by atoms with Crippen molar-refractivity contribution in [3.05, 3.63) is 53.6 Å². The first kappa shape index (κ1) is 16.5. The van der Waals surface area contributed by atoms with E-state index in [0.29, 0.717) is 18.4 Å². The Labute approximate surface area is 132 Å². The summed E-state index contributed by atoms with van der Waals surface area (Å²) in [5.41, 5.74) is 2.56. The van der Waals surface area contributed by atoms with Crippen LogP contribution in [0.25, 0.3) is 0 Å². The van der Waals surface area contributed by atoms with Crippen molar-refractivity contribution in [3.63, 3.8) is 0 Å². The van der Waals surface area contributed by atoms with Crippen LogP contribution in [0, 0.1) is 6.92 Å². The lowest BCUT2D eigenvalue weighted by atomic mass is 9.89. The van der Waals surface area contributed by atoms with Gasteiger partial charge in [-0.1, -0.05) is 29.3 Å². The van der Waals surface area contributed by atoms with Crippen molar-refractivity contribution in [2.45, 2.75) is 43.9 Å². The Bertz CT molecular complexity index is 700. The third-order valence-corrected chi connectivity index (χ3v) is 5.15. The van der Waals surface area contributed by atoms with E-state index in [9.17, 15) is 13.2 Å². The summed E-state index contributed by atoms with van der Waals surface area (Å²) < 4.78 is 26.8. The molecule has 1 aliphatic rings. The van der Waals surface area contributed by atoms with E-state index >= 15 is 0 Å². The molecule has 4 nitrogen and oxygen atoms in total. The normalized spacial score (nSPS) is 15.5. The van der Waals surface area contributed by atoms with Crippen LogP contribution >= 0.6 is 0 Å². The minimum atomic E-state index is -3.82. The first-order chi connectivity index (χ1) is 10.4. The van der Waals surface area contributed by atoms with Gasteiger partial charge >= 0.3 is 0 Å². The minimum absolute atomic E-state index is 0.105. The highest BCUT2D eigenvalue weighted by molar-refractivity contribution is 7.90. The van der Waals surface area contributed by atoms with Gasteiger partial charge in [0.05, 0.1) is 4.90 Å². The zero-order valence-electron chi connectivity index (χ0n) is 12.8. The first-order valence-corrected chi connectivity index (χ1v) is 8.88. The van der Waals surface area contributed by atoms with Gasteiger partial charge in [0.15, 0.2) is 0 Å². The molecule has 0 aliphatic heterocycles. The molecule has 0 spiro atoms. The maximum Gasteiger partial charge on any atom is 0.264 e. The molecule has 22 heavy (non-hydrogen) atoms. The summed E-state index contributed by atoms with van der Waals surface area (Å²) in [4.78, 5) is 12.5. The van der Waals surface area contributed by atoms with Crippen LogP contribution in [0.4, 0.5) is 0 Å². The van der Waals surface area contributed by atoms with Crippen molar-refractivity contribution >= 4 is 15.9 Å². The Hall–Kier alpha value is -1.88. The van der Waals surface area contributed by atoms with Crippen molar-refractivity contribution in [2.24, 2.45) is 0 Å². The molecule has 0 saturated carbocycles. The summed E-state index contributed by atoms with van der Waals surface area (Å²) in [5, 5.41) is 0. The fourth-order valence-electron chi connectivity index (χ4n) is 2.60. The molecule has 1 amide bonds. The number of amides is 1. The molecular formula is C17H21NO3S. The molecule has 0 heterocycles. The second-order valence-electron chi connectivity index (χ2n) is 5.53. The molecule has 0 unspecified atom stereocenters. The number of aryl methyl sites for hydroxylation is 1. The van der Waals surface area contributed by atoms with E-state index in [1.807, 2.05) is 6.92 Å². The number of sulfonamides is 1. The summed E-state index contributed by atoms with van der Waals surface area (Å²) in [6.45, 7) is 5.57. The molecule has 0 saturated heterocycles. The Morgan fingerprint density at radius 1 is 1.23 bits per heavy atom. The maximum absolute atomic E-state index is 12.4. The number of rotatable bonds is 5. The molecule has 1 N–H and O–H groups in total. The van der Waals surface area contributed by atoms with E-state index in [2.05, 4.69) is 11.3 Å². The zero-order chi connectivity index (χ0) is 16.2. The van der Waals surface area contributed by atoms with Crippen molar-refractivity contribution in [3.8, 4) is 0 Å². The van der Waals surface area contributed by atoms with Gasteiger partial charge in [-0.25, -0.2) is 13.1 Å². The molecular weight excluding hydrogens is 298 g/mol. The van der Waals surface area contributed by atoms with E-state index in [-0.39, 0.29) is 4.90 Å². The van der Waals surface area contributed by atoms with E-state index in [4.69, 9.17) is 0 Å².